The fourth-order valence-corrected chi connectivity index (χ4v) is 2.40. The van der Waals surface area contributed by atoms with E-state index < -0.39 is 0 Å². The lowest BCUT2D eigenvalue weighted by molar-refractivity contribution is 0.306. The van der Waals surface area contributed by atoms with Crippen LogP contribution in [0.15, 0.2) is 48.5 Å². The summed E-state index contributed by atoms with van der Waals surface area (Å²) in [6.07, 6.45) is 0.904. The zero-order chi connectivity index (χ0) is 15.1. The highest BCUT2D eigenvalue weighted by atomic mass is 16.5. The number of rotatable bonds is 5. The molecule has 2 aromatic rings. The molecule has 0 fully saturated rings. The van der Waals surface area contributed by atoms with Crippen molar-refractivity contribution in [3.8, 4) is 17.6 Å². The van der Waals surface area contributed by atoms with Gasteiger partial charge < -0.3 is 4.74 Å². The van der Waals surface area contributed by atoms with Crippen molar-refractivity contribution < 1.29 is 4.74 Å². The summed E-state index contributed by atoms with van der Waals surface area (Å²) < 4.78 is 5.86. The van der Waals surface area contributed by atoms with Crippen LogP contribution in [0.3, 0.4) is 0 Å². The molecular weight excluding hydrogens is 256 g/mol. The first-order chi connectivity index (χ1) is 10.2. The van der Waals surface area contributed by atoms with E-state index in [0.717, 1.165) is 12.2 Å². The van der Waals surface area contributed by atoms with E-state index in [1.165, 1.54) is 16.7 Å². The van der Waals surface area contributed by atoms with Gasteiger partial charge in [-0.05, 0) is 48.6 Å². The fraction of sp³-hybridized carbons (Fsp3) is 0.300. The molecule has 0 aliphatic heterocycles. The quantitative estimate of drug-likeness (QED) is 0.692. The molecule has 0 aromatic heterocycles. The Morgan fingerprint density at radius 3 is 2.52 bits per heavy atom. The van der Waals surface area contributed by atoms with Gasteiger partial charge in [0.2, 0.25) is 0 Å². The summed E-state index contributed by atoms with van der Waals surface area (Å²) in [5, 5.41) is 0. The van der Waals surface area contributed by atoms with Crippen LogP contribution in [0, 0.1) is 18.8 Å². The van der Waals surface area contributed by atoms with E-state index in [1.807, 2.05) is 25.1 Å². The third-order valence-corrected chi connectivity index (χ3v) is 3.61. The van der Waals surface area contributed by atoms with Crippen molar-refractivity contribution in [3.05, 3.63) is 65.2 Å². The van der Waals surface area contributed by atoms with Crippen molar-refractivity contribution >= 4 is 0 Å². The highest BCUT2D eigenvalue weighted by Crippen LogP contribution is 2.26. The van der Waals surface area contributed by atoms with E-state index in [9.17, 15) is 0 Å². The fourth-order valence-electron chi connectivity index (χ4n) is 2.40. The van der Waals surface area contributed by atoms with Gasteiger partial charge in [0.05, 0.1) is 0 Å². The molecule has 0 bridgehead atoms. The van der Waals surface area contributed by atoms with Crippen LogP contribution in [0.1, 0.15) is 42.9 Å². The minimum absolute atomic E-state index is 0.459. The molecule has 1 nitrogen and oxygen atoms in total. The van der Waals surface area contributed by atoms with Gasteiger partial charge >= 0.3 is 0 Å². The Hall–Kier alpha value is -2.20. The van der Waals surface area contributed by atoms with Crippen LogP contribution in [-0.4, -0.2) is 0 Å². The topological polar surface area (TPSA) is 9.23 Å². The Morgan fingerprint density at radius 2 is 1.86 bits per heavy atom. The Morgan fingerprint density at radius 1 is 1.10 bits per heavy atom. The van der Waals surface area contributed by atoms with Crippen LogP contribution in [0.25, 0.3) is 0 Å². The Bertz CT molecular complexity index is 632. The molecular formula is C20H22O. The van der Waals surface area contributed by atoms with E-state index in [-0.39, 0.29) is 0 Å². The molecule has 0 saturated carbocycles. The van der Waals surface area contributed by atoms with Crippen molar-refractivity contribution in [1.29, 1.82) is 0 Å². The van der Waals surface area contributed by atoms with E-state index in [1.54, 1.807) is 0 Å². The second kappa shape index (κ2) is 7.55. The third-order valence-electron chi connectivity index (χ3n) is 3.61. The molecule has 1 unspecified atom stereocenters. The van der Waals surface area contributed by atoms with Gasteiger partial charge in [-0.15, -0.1) is 11.8 Å². The lowest BCUT2D eigenvalue weighted by atomic mass is 9.94. The Labute approximate surface area is 128 Å². The first-order valence-electron chi connectivity index (χ1n) is 7.37. The molecule has 0 heterocycles. The Kier molecular flexibility index (Phi) is 5.46. The summed E-state index contributed by atoms with van der Waals surface area (Å²) >= 11 is 0. The third kappa shape index (κ3) is 4.39. The lowest BCUT2D eigenvalue weighted by Crippen LogP contribution is -1.99. The summed E-state index contributed by atoms with van der Waals surface area (Å²) in [4.78, 5) is 0. The molecule has 1 atom stereocenters. The van der Waals surface area contributed by atoms with Gasteiger partial charge in [0.15, 0.2) is 0 Å². The summed E-state index contributed by atoms with van der Waals surface area (Å²) in [5.41, 5.74) is 3.81. The van der Waals surface area contributed by atoms with E-state index in [0.29, 0.717) is 12.5 Å². The Balaban J connectivity index is 2.02. The van der Waals surface area contributed by atoms with Gasteiger partial charge in [0, 0.05) is 6.42 Å². The summed E-state index contributed by atoms with van der Waals surface area (Å²) in [7, 11) is 0. The molecule has 0 N–H and O–H groups in total. The van der Waals surface area contributed by atoms with Crippen LogP contribution in [0.2, 0.25) is 0 Å². The molecule has 0 radical (unpaired) electrons. The van der Waals surface area contributed by atoms with Crippen LogP contribution in [-0.2, 0) is 6.61 Å². The normalized spacial score (nSPS) is 11.4. The molecule has 108 valence electrons. The summed E-state index contributed by atoms with van der Waals surface area (Å²) in [6, 6.07) is 16.6. The van der Waals surface area contributed by atoms with Gasteiger partial charge in [-0.3, -0.25) is 0 Å². The average molecular weight is 278 g/mol. The van der Waals surface area contributed by atoms with Crippen LogP contribution < -0.4 is 4.74 Å². The van der Waals surface area contributed by atoms with Crippen molar-refractivity contribution in [2.24, 2.45) is 0 Å². The van der Waals surface area contributed by atoms with Gasteiger partial charge in [-0.2, -0.15) is 0 Å². The SMILES string of the molecule is CC#CCC(C)c1ccc(OCc2ccccc2)cc1C. The summed E-state index contributed by atoms with van der Waals surface area (Å²) in [5.74, 6) is 7.50. The number of benzene rings is 2. The second-order valence-corrected chi connectivity index (χ2v) is 5.32. The number of ether oxygens (including phenoxy) is 1. The molecule has 0 saturated heterocycles. The zero-order valence-corrected chi connectivity index (χ0v) is 13.0. The average Bonchev–Trinajstić information content (AvgIpc) is 2.51. The molecule has 0 spiro atoms. The maximum Gasteiger partial charge on any atom is 0.120 e. The standard InChI is InChI=1S/C20H22O/c1-4-5-9-16(2)20-13-12-19(14-17(20)3)21-15-18-10-7-6-8-11-18/h6-8,10-14,16H,9,15H2,1-3H3. The molecule has 1 heteroatoms. The highest BCUT2D eigenvalue weighted by molar-refractivity contribution is 5.37. The second-order valence-electron chi connectivity index (χ2n) is 5.32. The van der Waals surface area contributed by atoms with Gasteiger partial charge in [0.1, 0.15) is 12.4 Å². The minimum Gasteiger partial charge on any atom is -0.489 e. The molecule has 2 aromatic carbocycles. The van der Waals surface area contributed by atoms with Crippen molar-refractivity contribution in [2.45, 2.75) is 39.7 Å². The van der Waals surface area contributed by atoms with E-state index in [4.69, 9.17) is 4.74 Å². The lowest BCUT2D eigenvalue weighted by Gasteiger charge is -2.14. The molecule has 0 amide bonds. The maximum atomic E-state index is 5.86. The molecule has 2 rings (SSSR count). The predicted octanol–water partition coefficient (Wildman–Crippen LogP) is 5.09. The minimum atomic E-state index is 0.459. The number of hydrogen-bond acceptors (Lipinski definition) is 1. The monoisotopic (exact) mass is 278 g/mol. The van der Waals surface area contributed by atoms with Gasteiger partial charge in [0.25, 0.3) is 0 Å². The number of hydrogen-bond donors (Lipinski definition) is 0. The smallest absolute Gasteiger partial charge is 0.120 e. The first kappa shape index (κ1) is 15.2. The van der Waals surface area contributed by atoms with Crippen LogP contribution in [0.5, 0.6) is 5.75 Å². The maximum absolute atomic E-state index is 5.86. The molecule has 0 aliphatic carbocycles. The predicted molar refractivity (Wildman–Crippen MR) is 88.4 cm³/mol. The van der Waals surface area contributed by atoms with Gasteiger partial charge in [-0.25, -0.2) is 0 Å². The molecule has 21 heavy (non-hydrogen) atoms. The zero-order valence-electron chi connectivity index (χ0n) is 13.0. The summed E-state index contributed by atoms with van der Waals surface area (Å²) in [6.45, 7) is 6.86. The molecule has 0 aliphatic rings. The first-order valence-corrected chi connectivity index (χ1v) is 7.37. The van der Waals surface area contributed by atoms with Gasteiger partial charge in [-0.1, -0.05) is 43.3 Å². The van der Waals surface area contributed by atoms with Crippen LogP contribution >= 0.6 is 0 Å². The van der Waals surface area contributed by atoms with E-state index >= 15 is 0 Å². The van der Waals surface area contributed by atoms with Crippen molar-refractivity contribution in [3.63, 3.8) is 0 Å². The van der Waals surface area contributed by atoms with E-state index in [2.05, 4.69) is 56.0 Å². The van der Waals surface area contributed by atoms with Crippen molar-refractivity contribution in [2.75, 3.05) is 0 Å². The van der Waals surface area contributed by atoms with Crippen molar-refractivity contribution in [1.82, 2.24) is 0 Å². The largest absolute Gasteiger partial charge is 0.489 e. The highest BCUT2D eigenvalue weighted by Gasteiger charge is 2.08. The van der Waals surface area contributed by atoms with Crippen LogP contribution in [0.4, 0.5) is 0 Å². The number of aryl methyl sites for hydroxylation is 1.